The SMILES string of the molecule is CCCN(CCCN(C)C)C1(CN)CCCC1. The second kappa shape index (κ2) is 7.34. The minimum Gasteiger partial charge on any atom is -0.329 e. The van der Waals surface area contributed by atoms with E-state index in [9.17, 15) is 0 Å². The summed E-state index contributed by atoms with van der Waals surface area (Å²) in [7, 11) is 4.30. The Balaban J connectivity index is 2.50. The predicted molar refractivity (Wildman–Crippen MR) is 75.3 cm³/mol. The first kappa shape index (κ1) is 14.9. The zero-order valence-electron chi connectivity index (χ0n) is 12.0. The quantitative estimate of drug-likeness (QED) is 0.705. The van der Waals surface area contributed by atoms with Crippen LogP contribution in [0, 0.1) is 0 Å². The van der Waals surface area contributed by atoms with Crippen LogP contribution in [-0.2, 0) is 0 Å². The van der Waals surface area contributed by atoms with Crippen LogP contribution < -0.4 is 5.73 Å². The summed E-state index contributed by atoms with van der Waals surface area (Å²) < 4.78 is 0. The fraction of sp³-hybridized carbons (Fsp3) is 1.00. The highest BCUT2D eigenvalue weighted by Crippen LogP contribution is 2.34. The van der Waals surface area contributed by atoms with Gasteiger partial charge in [0.15, 0.2) is 0 Å². The van der Waals surface area contributed by atoms with Crippen LogP contribution in [0.1, 0.15) is 45.4 Å². The molecule has 0 heterocycles. The van der Waals surface area contributed by atoms with Crippen molar-refractivity contribution < 1.29 is 0 Å². The first-order chi connectivity index (χ1) is 8.14. The summed E-state index contributed by atoms with van der Waals surface area (Å²) in [6.45, 7) is 6.72. The third-order valence-electron chi connectivity index (χ3n) is 4.11. The van der Waals surface area contributed by atoms with E-state index in [2.05, 4.69) is 30.8 Å². The van der Waals surface area contributed by atoms with Crippen molar-refractivity contribution in [2.75, 3.05) is 40.3 Å². The molecule has 0 aliphatic heterocycles. The molecule has 0 aromatic heterocycles. The molecule has 2 N–H and O–H groups in total. The van der Waals surface area contributed by atoms with E-state index in [1.165, 1.54) is 58.2 Å². The maximum Gasteiger partial charge on any atom is 0.0331 e. The molecule has 3 nitrogen and oxygen atoms in total. The fourth-order valence-electron chi connectivity index (χ4n) is 3.12. The highest BCUT2D eigenvalue weighted by Gasteiger charge is 2.37. The number of hydrogen-bond acceptors (Lipinski definition) is 3. The molecule has 1 aliphatic carbocycles. The Hall–Kier alpha value is -0.120. The van der Waals surface area contributed by atoms with Gasteiger partial charge in [-0.3, -0.25) is 4.90 Å². The molecule has 1 fully saturated rings. The third kappa shape index (κ3) is 4.23. The van der Waals surface area contributed by atoms with Gasteiger partial charge in [0, 0.05) is 12.1 Å². The summed E-state index contributed by atoms with van der Waals surface area (Å²) in [6, 6.07) is 0. The standard InChI is InChI=1S/C14H31N3/c1-4-10-17(12-7-11-16(2)3)14(13-15)8-5-6-9-14/h4-13,15H2,1-3H3. The van der Waals surface area contributed by atoms with E-state index in [1.807, 2.05) is 0 Å². The minimum absolute atomic E-state index is 0.336. The first-order valence-electron chi connectivity index (χ1n) is 7.24. The Morgan fingerprint density at radius 1 is 1.06 bits per heavy atom. The van der Waals surface area contributed by atoms with Crippen LogP contribution in [0.2, 0.25) is 0 Å². The van der Waals surface area contributed by atoms with Gasteiger partial charge in [0.1, 0.15) is 0 Å². The molecular weight excluding hydrogens is 210 g/mol. The van der Waals surface area contributed by atoms with Gasteiger partial charge in [-0.1, -0.05) is 19.8 Å². The summed E-state index contributed by atoms with van der Waals surface area (Å²) in [4.78, 5) is 4.96. The number of rotatable bonds is 8. The molecule has 1 aliphatic rings. The molecule has 0 saturated heterocycles. The lowest BCUT2D eigenvalue weighted by atomic mass is 9.94. The van der Waals surface area contributed by atoms with Crippen LogP contribution in [0.15, 0.2) is 0 Å². The van der Waals surface area contributed by atoms with Gasteiger partial charge < -0.3 is 10.6 Å². The van der Waals surface area contributed by atoms with E-state index >= 15 is 0 Å². The zero-order valence-corrected chi connectivity index (χ0v) is 12.0. The van der Waals surface area contributed by atoms with Crippen molar-refractivity contribution in [1.29, 1.82) is 0 Å². The monoisotopic (exact) mass is 241 g/mol. The fourth-order valence-corrected chi connectivity index (χ4v) is 3.12. The Morgan fingerprint density at radius 3 is 2.18 bits per heavy atom. The average molecular weight is 241 g/mol. The number of nitrogens with zero attached hydrogens (tertiary/aromatic N) is 2. The van der Waals surface area contributed by atoms with E-state index < -0.39 is 0 Å². The Morgan fingerprint density at radius 2 is 1.71 bits per heavy atom. The molecule has 0 unspecified atom stereocenters. The van der Waals surface area contributed by atoms with Crippen LogP contribution in [-0.4, -0.2) is 55.6 Å². The lowest BCUT2D eigenvalue weighted by molar-refractivity contribution is 0.0945. The summed E-state index contributed by atoms with van der Waals surface area (Å²) in [5, 5.41) is 0. The van der Waals surface area contributed by atoms with Gasteiger partial charge in [0.25, 0.3) is 0 Å². The van der Waals surface area contributed by atoms with Crippen LogP contribution >= 0.6 is 0 Å². The van der Waals surface area contributed by atoms with Crippen molar-refractivity contribution in [2.24, 2.45) is 5.73 Å². The molecule has 0 aromatic carbocycles. The second-order valence-electron chi connectivity index (χ2n) is 5.78. The van der Waals surface area contributed by atoms with Gasteiger partial charge in [-0.2, -0.15) is 0 Å². The summed E-state index contributed by atoms with van der Waals surface area (Å²) in [5.41, 5.74) is 6.42. The highest BCUT2D eigenvalue weighted by molar-refractivity contribution is 4.95. The molecule has 0 atom stereocenters. The number of nitrogens with two attached hydrogens (primary N) is 1. The lowest BCUT2D eigenvalue weighted by Gasteiger charge is -2.41. The van der Waals surface area contributed by atoms with Crippen molar-refractivity contribution in [3.63, 3.8) is 0 Å². The Kier molecular flexibility index (Phi) is 6.45. The van der Waals surface area contributed by atoms with E-state index in [0.29, 0.717) is 5.54 Å². The first-order valence-corrected chi connectivity index (χ1v) is 7.24. The summed E-state index contributed by atoms with van der Waals surface area (Å²) in [5.74, 6) is 0. The second-order valence-corrected chi connectivity index (χ2v) is 5.78. The summed E-state index contributed by atoms with van der Waals surface area (Å²) in [6.07, 6.45) is 7.85. The third-order valence-corrected chi connectivity index (χ3v) is 4.11. The molecule has 102 valence electrons. The van der Waals surface area contributed by atoms with E-state index in [0.717, 1.165) is 6.54 Å². The van der Waals surface area contributed by atoms with E-state index in [4.69, 9.17) is 5.73 Å². The zero-order chi connectivity index (χ0) is 12.7. The van der Waals surface area contributed by atoms with Gasteiger partial charge in [-0.05, 0) is 59.4 Å². The van der Waals surface area contributed by atoms with Gasteiger partial charge >= 0.3 is 0 Å². The minimum atomic E-state index is 0.336. The van der Waals surface area contributed by atoms with Crippen LogP contribution in [0.3, 0.4) is 0 Å². The van der Waals surface area contributed by atoms with Crippen molar-refractivity contribution in [2.45, 2.75) is 51.0 Å². The molecular formula is C14H31N3. The summed E-state index contributed by atoms with van der Waals surface area (Å²) >= 11 is 0. The van der Waals surface area contributed by atoms with E-state index in [1.54, 1.807) is 0 Å². The van der Waals surface area contributed by atoms with Gasteiger partial charge in [-0.25, -0.2) is 0 Å². The molecule has 0 aromatic rings. The lowest BCUT2D eigenvalue weighted by Crippen LogP contribution is -2.52. The molecule has 0 bridgehead atoms. The highest BCUT2D eigenvalue weighted by atomic mass is 15.2. The molecule has 0 spiro atoms. The van der Waals surface area contributed by atoms with Crippen LogP contribution in [0.25, 0.3) is 0 Å². The molecule has 0 radical (unpaired) electrons. The Bertz CT molecular complexity index is 198. The predicted octanol–water partition coefficient (Wildman–Crippen LogP) is 1.92. The van der Waals surface area contributed by atoms with Gasteiger partial charge in [0.2, 0.25) is 0 Å². The van der Waals surface area contributed by atoms with Crippen molar-refractivity contribution in [1.82, 2.24) is 9.80 Å². The van der Waals surface area contributed by atoms with Gasteiger partial charge in [0.05, 0.1) is 0 Å². The average Bonchev–Trinajstić information content (AvgIpc) is 2.77. The molecule has 1 rings (SSSR count). The molecule has 0 amide bonds. The topological polar surface area (TPSA) is 32.5 Å². The largest absolute Gasteiger partial charge is 0.329 e. The Labute approximate surface area is 107 Å². The molecule has 1 saturated carbocycles. The van der Waals surface area contributed by atoms with E-state index in [-0.39, 0.29) is 0 Å². The van der Waals surface area contributed by atoms with Gasteiger partial charge in [-0.15, -0.1) is 0 Å². The van der Waals surface area contributed by atoms with Crippen molar-refractivity contribution >= 4 is 0 Å². The van der Waals surface area contributed by atoms with Crippen LogP contribution in [0.5, 0.6) is 0 Å². The number of hydrogen-bond donors (Lipinski definition) is 1. The van der Waals surface area contributed by atoms with Crippen LogP contribution in [0.4, 0.5) is 0 Å². The normalized spacial score (nSPS) is 19.4. The van der Waals surface area contributed by atoms with Crippen molar-refractivity contribution in [3.05, 3.63) is 0 Å². The van der Waals surface area contributed by atoms with Crippen molar-refractivity contribution in [3.8, 4) is 0 Å². The molecule has 3 heteroatoms. The maximum atomic E-state index is 6.08. The maximum absolute atomic E-state index is 6.08. The smallest absolute Gasteiger partial charge is 0.0331 e. The molecule has 17 heavy (non-hydrogen) atoms.